The lowest BCUT2D eigenvalue weighted by Crippen LogP contribution is -2.23. The van der Waals surface area contributed by atoms with Crippen LogP contribution in [-0.2, 0) is 9.53 Å². The first-order chi connectivity index (χ1) is 8.07. The number of hydrogen-bond acceptors (Lipinski definition) is 3. The van der Waals surface area contributed by atoms with Crippen LogP contribution in [0.15, 0.2) is 0 Å². The molecule has 17 heavy (non-hydrogen) atoms. The number of carbonyl (C=O) groups is 1. The molecule has 102 valence electrons. The van der Waals surface area contributed by atoms with Crippen molar-refractivity contribution in [2.45, 2.75) is 59.4 Å². The molecule has 3 heteroatoms. The minimum absolute atomic E-state index is 0.144. The molecule has 1 N–H and O–H groups in total. The summed E-state index contributed by atoms with van der Waals surface area (Å²) in [6.07, 6.45) is 4.30. The SMILES string of the molecule is CCC(C)C(=O)COCCCCCNC(C)C. The zero-order valence-electron chi connectivity index (χ0n) is 11.9. The Morgan fingerprint density at radius 1 is 1.18 bits per heavy atom. The van der Waals surface area contributed by atoms with Gasteiger partial charge in [0.1, 0.15) is 6.61 Å². The minimum atomic E-state index is 0.144. The number of ketones is 1. The summed E-state index contributed by atoms with van der Waals surface area (Å²) in [6, 6.07) is 0.569. The van der Waals surface area contributed by atoms with Gasteiger partial charge < -0.3 is 10.1 Å². The second-order valence-electron chi connectivity index (χ2n) is 5.00. The van der Waals surface area contributed by atoms with Crippen LogP contribution in [0.2, 0.25) is 0 Å². The van der Waals surface area contributed by atoms with E-state index in [-0.39, 0.29) is 11.7 Å². The molecule has 1 atom stereocenters. The van der Waals surface area contributed by atoms with E-state index in [2.05, 4.69) is 19.2 Å². The van der Waals surface area contributed by atoms with Gasteiger partial charge in [0.25, 0.3) is 0 Å². The maximum absolute atomic E-state index is 11.4. The highest BCUT2D eigenvalue weighted by Gasteiger charge is 2.09. The number of nitrogens with one attached hydrogen (secondary N) is 1. The maximum atomic E-state index is 11.4. The van der Waals surface area contributed by atoms with Crippen molar-refractivity contribution in [3.05, 3.63) is 0 Å². The van der Waals surface area contributed by atoms with Crippen LogP contribution in [0.4, 0.5) is 0 Å². The van der Waals surface area contributed by atoms with E-state index in [0.717, 1.165) is 25.8 Å². The first-order valence-electron chi connectivity index (χ1n) is 6.91. The van der Waals surface area contributed by atoms with Crippen molar-refractivity contribution in [2.75, 3.05) is 19.8 Å². The summed E-state index contributed by atoms with van der Waals surface area (Å²) in [5, 5.41) is 3.38. The van der Waals surface area contributed by atoms with Gasteiger partial charge in [0, 0.05) is 18.6 Å². The Morgan fingerprint density at radius 2 is 1.88 bits per heavy atom. The van der Waals surface area contributed by atoms with E-state index < -0.39 is 0 Å². The van der Waals surface area contributed by atoms with Gasteiger partial charge in [0.2, 0.25) is 0 Å². The van der Waals surface area contributed by atoms with E-state index in [4.69, 9.17) is 4.74 Å². The third-order valence-corrected chi connectivity index (χ3v) is 2.92. The average molecular weight is 243 g/mol. The van der Waals surface area contributed by atoms with Crippen molar-refractivity contribution in [3.8, 4) is 0 Å². The van der Waals surface area contributed by atoms with Crippen molar-refractivity contribution in [1.29, 1.82) is 0 Å². The van der Waals surface area contributed by atoms with Crippen molar-refractivity contribution in [3.63, 3.8) is 0 Å². The van der Waals surface area contributed by atoms with Gasteiger partial charge in [-0.1, -0.05) is 27.7 Å². The first kappa shape index (κ1) is 16.6. The quantitative estimate of drug-likeness (QED) is 0.567. The highest BCUT2D eigenvalue weighted by Crippen LogP contribution is 2.03. The first-order valence-corrected chi connectivity index (χ1v) is 6.91. The summed E-state index contributed by atoms with van der Waals surface area (Å²) in [5.74, 6) is 0.374. The average Bonchev–Trinajstić information content (AvgIpc) is 2.30. The Morgan fingerprint density at radius 3 is 2.47 bits per heavy atom. The lowest BCUT2D eigenvalue weighted by molar-refractivity contribution is -0.127. The zero-order chi connectivity index (χ0) is 13.1. The van der Waals surface area contributed by atoms with Gasteiger partial charge in [-0.15, -0.1) is 0 Å². The van der Waals surface area contributed by atoms with E-state index in [0.29, 0.717) is 19.3 Å². The molecule has 0 aromatic heterocycles. The topological polar surface area (TPSA) is 38.3 Å². The van der Waals surface area contributed by atoms with E-state index >= 15 is 0 Å². The van der Waals surface area contributed by atoms with Gasteiger partial charge >= 0.3 is 0 Å². The van der Waals surface area contributed by atoms with Gasteiger partial charge in [0.15, 0.2) is 5.78 Å². The fourth-order valence-electron chi connectivity index (χ4n) is 1.44. The standard InChI is InChI=1S/C14H29NO2/c1-5-13(4)14(16)11-17-10-8-6-7-9-15-12(2)3/h12-13,15H,5-11H2,1-4H3. The van der Waals surface area contributed by atoms with E-state index in [1.54, 1.807) is 0 Å². The fourth-order valence-corrected chi connectivity index (χ4v) is 1.44. The Hall–Kier alpha value is -0.410. The smallest absolute Gasteiger partial charge is 0.161 e. The van der Waals surface area contributed by atoms with Crippen LogP contribution in [0.5, 0.6) is 0 Å². The molecule has 0 saturated heterocycles. The van der Waals surface area contributed by atoms with Crippen LogP contribution in [0, 0.1) is 5.92 Å². The Bertz CT molecular complexity index is 193. The molecule has 0 bridgehead atoms. The molecule has 0 rings (SSSR count). The van der Waals surface area contributed by atoms with E-state index in [9.17, 15) is 4.79 Å². The third-order valence-electron chi connectivity index (χ3n) is 2.92. The number of unbranched alkanes of at least 4 members (excludes halogenated alkanes) is 2. The number of carbonyl (C=O) groups excluding carboxylic acids is 1. The summed E-state index contributed by atoms with van der Waals surface area (Å²) in [7, 11) is 0. The number of rotatable bonds is 11. The van der Waals surface area contributed by atoms with Crippen LogP contribution in [-0.4, -0.2) is 31.6 Å². The van der Waals surface area contributed by atoms with Gasteiger partial charge in [-0.25, -0.2) is 0 Å². The molecule has 0 aromatic rings. The van der Waals surface area contributed by atoms with Crippen LogP contribution in [0.1, 0.15) is 53.4 Å². The summed E-state index contributed by atoms with van der Waals surface area (Å²) >= 11 is 0. The number of ether oxygens (including phenoxy) is 1. The Kier molecular flexibility index (Phi) is 10.5. The normalized spacial score (nSPS) is 13.0. The predicted molar refractivity (Wildman–Crippen MR) is 72.3 cm³/mol. The molecule has 0 aliphatic rings. The number of Topliss-reactive ketones (excluding diaryl/α,β-unsaturated/α-hetero) is 1. The molecular weight excluding hydrogens is 214 g/mol. The number of hydrogen-bond donors (Lipinski definition) is 1. The van der Waals surface area contributed by atoms with E-state index in [1.165, 1.54) is 6.42 Å². The van der Waals surface area contributed by atoms with Gasteiger partial charge in [0.05, 0.1) is 0 Å². The van der Waals surface area contributed by atoms with Gasteiger partial charge in [-0.3, -0.25) is 4.79 Å². The Balaban J connectivity index is 3.21. The van der Waals surface area contributed by atoms with Crippen LogP contribution >= 0.6 is 0 Å². The monoisotopic (exact) mass is 243 g/mol. The zero-order valence-corrected chi connectivity index (χ0v) is 11.9. The molecule has 0 radical (unpaired) electrons. The highest BCUT2D eigenvalue weighted by atomic mass is 16.5. The Labute approximate surface area is 106 Å². The molecule has 0 heterocycles. The van der Waals surface area contributed by atoms with Crippen LogP contribution in [0.25, 0.3) is 0 Å². The maximum Gasteiger partial charge on any atom is 0.161 e. The second kappa shape index (κ2) is 10.7. The van der Waals surface area contributed by atoms with Crippen LogP contribution < -0.4 is 5.32 Å². The summed E-state index contributed by atoms with van der Waals surface area (Å²) in [5.41, 5.74) is 0. The molecule has 0 fully saturated rings. The highest BCUT2D eigenvalue weighted by molar-refractivity contribution is 5.81. The van der Waals surface area contributed by atoms with Gasteiger partial charge in [-0.05, 0) is 32.2 Å². The van der Waals surface area contributed by atoms with Crippen molar-refractivity contribution < 1.29 is 9.53 Å². The largest absolute Gasteiger partial charge is 0.374 e. The molecule has 3 nitrogen and oxygen atoms in total. The molecule has 0 saturated carbocycles. The molecule has 0 aromatic carbocycles. The summed E-state index contributed by atoms with van der Waals surface area (Å²) in [4.78, 5) is 11.4. The predicted octanol–water partition coefficient (Wildman–Crippen LogP) is 2.79. The molecular formula is C14H29NO2. The second-order valence-corrected chi connectivity index (χ2v) is 5.00. The molecule has 0 amide bonds. The summed E-state index contributed by atoms with van der Waals surface area (Å²) < 4.78 is 5.38. The molecule has 1 unspecified atom stereocenters. The molecule has 0 aliphatic heterocycles. The minimum Gasteiger partial charge on any atom is -0.374 e. The lowest BCUT2D eigenvalue weighted by atomic mass is 10.1. The molecule has 0 aliphatic carbocycles. The van der Waals surface area contributed by atoms with Crippen molar-refractivity contribution in [2.24, 2.45) is 5.92 Å². The van der Waals surface area contributed by atoms with Gasteiger partial charge in [-0.2, -0.15) is 0 Å². The lowest BCUT2D eigenvalue weighted by Gasteiger charge is -2.09. The molecule has 0 spiro atoms. The van der Waals surface area contributed by atoms with Crippen molar-refractivity contribution in [1.82, 2.24) is 5.32 Å². The third kappa shape index (κ3) is 10.5. The van der Waals surface area contributed by atoms with E-state index in [1.807, 2.05) is 13.8 Å². The fraction of sp³-hybridized carbons (Fsp3) is 0.929. The van der Waals surface area contributed by atoms with Crippen molar-refractivity contribution >= 4 is 5.78 Å². The summed E-state index contributed by atoms with van der Waals surface area (Å²) in [6.45, 7) is 10.4. The van der Waals surface area contributed by atoms with Crippen LogP contribution in [0.3, 0.4) is 0 Å².